The third-order valence-electron chi connectivity index (χ3n) is 4.10. The van der Waals surface area contributed by atoms with Crippen LogP contribution in [-0.2, 0) is 7.05 Å². The molecule has 0 amide bonds. The van der Waals surface area contributed by atoms with Gasteiger partial charge in [-0.3, -0.25) is 0 Å². The molecule has 0 radical (unpaired) electrons. The smallest absolute Gasteiger partial charge is 0.337 e. The zero-order valence-corrected chi connectivity index (χ0v) is 11.2. The van der Waals surface area contributed by atoms with Crippen LogP contribution in [0, 0.1) is 11.8 Å². The van der Waals surface area contributed by atoms with E-state index < -0.39 is 12.1 Å². The van der Waals surface area contributed by atoms with E-state index in [2.05, 4.69) is 10.3 Å². The molecule has 1 N–H and O–H groups in total. The summed E-state index contributed by atoms with van der Waals surface area (Å²) in [5, 5.41) is 3.14. The van der Waals surface area contributed by atoms with Gasteiger partial charge in [-0.2, -0.15) is 13.2 Å². The van der Waals surface area contributed by atoms with Crippen LogP contribution in [-0.4, -0.2) is 22.8 Å². The monoisotopic (exact) mass is 275 g/mol. The van der Waals surface area contributed by atoms with Gasteiger partial charge in [-0.1, -0.05) is 6.42 Å². The third-order valence-corrected chi connectivity index (χ3v) is 4.10. The predicted molar refractivity (Wildman–Crippen MR) is 66.5 cm³/mol. The predicted octanol–water partition coefficient (Wildman–Crippen LogP) is 3.05. The topological polar surface area (TPSA) is 29.9 Å². The van der Waals surface area contributed by atoms with E-state index in [1.165, 1.54) is 0 Å². The first-order chi connectivity index (χ1) is 8.93. The van der Waals surface area contributed by atoms with Crippen LogP contribution in [0.4, 0.5) is 13.2 Å². The Bertz CT molecular complexity index is 414. The highest BCUT2D eigenvalue weighted by molar-refractivity contribution is 5.02. The van der Waals surface area contributed by atoms with E-state index in [9.17, 15) is 13.2 Å². The molecule has 3 unspecified atom stereocenters. The second kappa shape index (κ2) is 5.53. The number of alkyl halides is 3. The lowest BCUT2D eigenvalue weighted by atomic mass is 9.77. The van der Waals surface area contributed by atoms with Gasteiger partial charge in [0.25, 0.3) is 0 Å². The number of aryl methyl sites for hydroxylation is 1. The van der Waals surface area contributed by atoms with E-state index in [0.29, 0.717) is 6.42 Å². The second-order valence-electron chi connectivity index (χ2n) is 5.33. The summed E-state index contributed by atoms with van der Waals surface area (Å²) in [4.78, 5) is 4.27. The lowest BCUT2D eigenvalue weighted by Gasteiger charge is -2.35. The molecule has 0 saturated heterocycles. The molecule has 0 aliphatic heterocycles. The number of rotatable bonds is 3. The fourth-order valence-corrected chi connectivity index (χ4v) is 3.08. The Labute approximate surface area is 111 Å². The normalized spacial score (nSPS) is 26.4. The summed E-state index contributed by atoms with van der Waals surface area (Å²) in [6.07, 6.45) is 1.35. The summed E-state index contributed by atoms with van der Waals surface area (Å²) in [5.74, 6) is -0.357. The van der Waals surface area contributed by atoms with Gasteiger partial charge >= 0.3 is 6.18 Å². The van der Waals surface area contributed by atoms with E-state index >= 15 is 0 Å². The summed E-state index contributed by atoms with van der Waals surface area (Å²) >= 11 is 0. The molecule has 1 saturated carbocycles. The highest BCUT2D eigenvalue weighted by Crippen LogP contribution is 2.43. The Balaban J connectivity index is 2.13. The van der Waals surface area contributed by atoms with Gasteiger partial charge in [0.2, 0.25) is 0 Å². The Morgan fingerprint density at radius 2 is 2.16 bits per heavy atom. The molecule has 1 fully saturated rings. The van der Waals surface area contributed by atoms with Crippen molar-refractivity contribution in [1.82, 2.24) is 14.9 Å². The molecular weight excluding hydrogens is 255 g/mol. The quantitative estimate of drug-likeness (QED) is 0.919. The van der Waals surface area contributed by atoms with Crippen molar-refractivity contribution in [1.29, 1.82) is 0 Å². The van der Waals surface area contributed by atoms with Crippen LogP contribution in [0.15, 0.2) is 12.4 Å². The Kier molecular flexibility index (Phi) is 4.18. The number of aromatic nitrogens is 2. The number of halogens is 3. The molecule has 1 heterocycles. The Morgan fingerprint density at radius 1 is 1.42 bits per heavy atom. The van der Waals surface area contributed by atoms with Crippen molar-refractivity contribution in [3.8, 4) is 0 Å². The van der Waals surface area contributed by atoms with Crippen molar-refractivity contribution in [3.05, 3.63) is 18.2 Å². The van der Waals surface area contributed by atoms with Gasteiger partial charge in [-0.25, -0.2) is 4.98 Å². The fraction of sp³-hybridized carbons (Fsp3) is 0.769. The van der Waals surface area contributed by atoms with Crippen molar-refractivity contribution < 1.29 is 13.2 Å². The van der Waals surface area contributed by atoms with Gasteiger partial charge < -0.3 is 9.88 Å². The van der Waals surface area contributed by atoms with Gasteiger partial charge in [-0.15, -0.1) is 0 Å². The maximum atomic E-state index is 12.9. The molecule has 19 heavy (non-hydrogen) atoms. The molecule has 2 rings (SSSR count). The summed E-state index contributed by atoms with van der Waals surface area (Å²) in [5.41, 5.74) is 0. The molecule has 6 heteroatoms. The fourth-order valence-electron chi connectivity index (χ4n) is 3.08. The zero-order valence-electron chi connectivity index (χ0n) is 11.2. The summed E-state index contributed by atoms with van der Waals surface area (Å²) in [6.45, 7) is 0. The van der Waals surface area contributed by atoms with Gasteiger partial charge in [0.1, 0.15) is 5.82 Å². The van der Waals surface area contributed by atoms with E-state index in [4.69, 9.17) is 0 Å². The van der Waals surface area contributed by atoms with E-state index in [1.807, 2.05) is 17.8 Å². The molecule has 0 spiro atoms. The maximum absolute atomic E-state index is 12.9. The summed E-state index contributed by atoms with van der Waals surface area (Å²) < 4.78 is 40.5. The SMILES string of the molecule is CNC(c1nccn1C)C1CCCC(C(F)(F)F)C1. The zero-order chi connectivity index (χ0) is 14.0. The Hall–Kier alpha value is -1.04. The van der Waals surface area contributed by atoms with Crippen LogP contribution in [0.25, 0.3) is 0 Å². The molecule has 108 valence electrons. The van der Waals surface area contributed by atoms with Crippen molar-refractivity contribution in [2.24, 2.45) is 18.9 Å². The highest BCUT2D eigenvalue weighted by Gasteiger charge is 2.44. The lowest BCUT2D eigenvalue weighted by Crippen LogP contribution is -2.35. The number of nitrogens with one attached hydrogen (secondary N) is 1. The molecule has 3 atom stereocenters. The molecular formula is C13H20F3N3. The number of imidazole rings is 1. The third kappa shape index (κ3) is 3.11. The van der Waals surface area contributed by atoms with Crippen LogP contribution in [0.2, 0.25) is 0 Å². The Morgan fingerprint density at radius 3 is 2.68 bits per heavy atom. The molecule has 1 aromatic rings. The summed E-state index contributed by atoms with van der Waals surface area (Å²) in [6, 6.07) is -0.106. The van der Waals surface area contributed by atoms with Gasteiger partial charge in [-0.05, 0) is 32.2 Å². The number of hydrogen-bond acceptors (Lipinski definition) is 2. The average Bonchev–Trinajstić information content (AvgIpc) is 2.76. The van der Waals surface area contributed by atoms with Crippen LogP contribution in [0.1, 0.15) is 37.5 Å². The minimum absolute atomic E-state index is 0.00789. The standard InChI is InChI=1S/C13H20F3N3/c1-17-11(12-18-6-7-19(12)2)9-4-3-5-10(8-9)13(14,15)16/h6-7,9-11,17H,3-5,8H2,1-2H3. The van der Waals surface area contributed by atoms with Gasteiger partial charge in [0.15, 0.2) is 0 Å². The van der Waals surface area contributed by atoms with Crippen molar-refractivity contribution in [2.45, 2.75) is 37.9 Å². The van der Waals surface area contributed by atoms with Crippen LogP contribution < -0.4 is 5.32 Å². The van der Waals surface area contributed by atoms with E-state index in [-0.39, 0.29) is 24.8 Å². The highest BCUT2D eigenvalue weighted by atomic mass is 19.4. The minimum atomic E-state index is -4.07. The van der Waals surface area contributed by atoms with Crippen molar-refractivity contribution in [2.75, 3.05) is 7.05 Å². The number of hydrogen-bond donors (Lipinski definition) is 1. The molecule has 3 nitrogen and oxygen atoms in total. The maximum Gasteiger partial charge on any atom is 0.391 e. The molecule has 1 aliphatic carbocycles. The first-order valence-electron chi connectivity index (χ1n) is 6.64. The van der Waals surface area contributed by atoms with E-state index in [0.717, 1.165) is 12.2 Å². The number of nitrogens with zero attached hydrogens (tertiary/aromatic N) is 2. The summed E-state index contributed by atoms with van der Waals surface area (Å²) in [7, 11) is 3.66. The van der Waals surface area contributed by atoms with Crippen LogP contribution in [0.5, 0.6) is 0 Å². The average molecular weight is 275 g/mol. The molecule has 1 aromatic heterocycles. The lowest BCUT2D eigenvalue weighted by molar-refractivity contribution is -0.186. The second-order valence-corrected chi connectivity index (χ2v) is 5.33. The van der Waals surface area contributed by atoms with Crippen molar-refractivity contribution >= 4 is 0 Å². The molecule has 0 bridgehead atoms. The first kappa shape index (κ1) is 14.4. The van der Waals surface area contributed by atoms with Gasteiger partial charge in [0.05, 0.1) is 12.0 Å². The van der Waals surface area contributed by atoms with Gasteiger partial charge in [0, 0.05) is 19.4 Å². The largest absolute Gasteiger partial charge is 0.391 e. The van der Waals surface area contributed by atoms with Crippen LogP contribution >= 0.6 is 0 Å². The van der Waals surface area contributed by atoms with E-state index in [1.54, 1.807) is 13.2 Å². The first-order valence-corrected chi connectivity index (χ1v) is 6.64. The molecule has 1 aliphatic rings. The molecule has 0 aromatic carbocycles. The van der Waals surface area contributed by atoms with Crippen molar-refractivity contribution in [3.63, 3.8) is 0 Å². The minimum Gasteiger partial charge on any atom is -0.337 e. The van der Waals surface area contributed by atoms with Crippen LogP contribution in [0.3, 0.4) is 0 Å².